The van der Waals surface area contributed by atoms with E-state index in [1.807, 2.05) is 11.2 Å². The first-order valence-corrected chi connectivity index (χ1v) is 7.55. The summed E-state index contributed by atoms with van der Waals surface area (Å²) >= 11 is 0. The number of carbonyl (C=O) groups excluding carboxylic acids is 1. The number of anilines is 1. The van der Waals surface area contributed by atoms with Gasteiger partial charge >= 0.3 is 18.6 Å². The number of alkyl halides is 6. The fourth-order valence-electron chi connectivity index (χ4n) is 2.51. The molecule has 0 aromatic heterocycles. The van der Waals surface area contributed by atoms with Crippen molar-refractivity contribution >= 4 is 11.8 Å². The summed E-state index contributed by atoms with van der Waals surface area (Å²) in [6, 6.07) is 9.62. The van der Waals surface area contributed by atoms with Gasteiger partial charge in [-0.1, -0.05) is 24.1 Å². The normalized spacial score (nSPS) is 18.9. The number of amides is 1. The van der Waals surface area contributed by atoms with E-state index in [0.29, 0.717) is 6.07 Å². The van der Waals surface area contributed by atoms with Crippen LogP contribution in [0, 0.1) is 11.8 Å². The molecular weight excluding hydrogens is 392 g/mol. The highest BCUT2D eigenvalue weighted by Gasteiger charge is 2.62. The third-order valence-corrected chi connectivity index (χ3v) is 3.64. The summed E-state index contributed by atoms with van der Waals surface area (Å²) in [4.78, 5) is 11.7. The average molecular weight is 401 g/mol. The van der Waals surface area contributed by atoms with Gasteiger partial charge in [-0.2, -0.15) is 13.2 Å². The van der Waals surface area contributed by atoms with Crippen LogP contribution in [0.25, 0.3) is 0 Å². The number of ether oxygens (including phenoxy) is 2. The van der Waals surface area contributed by atoms with E-state index < -0.39 is 41.2 Å². The van der Waals surface area contributed by atoms with E-state index in [-0.39, 0.29) is 5.56 Å². The van der Waals surface area contributed by atoms with Crippen molar-refractivity contribution in [3.8, 4) is 17.6 Å². The van der Waals surface area contributed by atoms with Crippen molar-refractivity contribution < 1.29 is 40.6 Å². The molecule has 0 aliphatic carbocycles. The molecule has 1 atom stereocenters. The summed E-state index contributed by atoms with van der Waals surface area (Å²) in [5.74, 6) is 3.21. The lowest BCUT2D eigenvalue weighted by Crippen LogP contribution is -2.49. The Morgan fingerprint density at radius 3 is 2.29 bits per heavy atom. The number of hydrogen-bond acceptors (Lipinski definition) is 3. The molecule has 1 N–H and O–H groups in total. The number of fused-ring (bicyclic) bond motifs is 1. The van der Waals surface area contributed by atoms with Crippen LogP contribution in [-0.2, 0) is 10.3 Å². The van der Waals surface area contributed by atoms with Crippen LogP contribution in [0.1, 0.15) is 11.1 Å². The first-order chi connectivity index (χ1) is 13.0. The minimum absolute atomic E-state index is 0.185. The van der Waals surface area contributed by atoms with Crippen LogP contribution < -0.4 is 10.1 Å². The van der Waals surface area contributed by atoms with Crippen molar-refractivity contribution in [2.45, 2.75) is 18.1 Å². The Hall–Kier alpha value is -3.35. The van der Waals surface area contributed by atoms with Crippen LogP contribution in [0.15, 0.2) is 48.5 Å². The van der Waals surface area contributed by atoms with E-state index in [0.717, 1.165) is 12.1 Å². The van der Waals surface area contributed by atoms with Gasteiger partial charge in [0.15, 0.2) is 0 Å². The van der Waals surface area contributed by atoms with E-state index >= 15 is 0 Å². The Labute approximate surface area is 154 Å². The second-order valence-corrected chi connectivity index (χ2v) is 5.56. The zero-order chi connectivity index (χ0) is 20.6. The molecule has 1 heterocycles. The van der Waals surface area contributed by atoms with E-state index in [2.05, 4.69) is 15.4 Å². The minimum atomic E-state index is -5.25. The number of halogens is 6. The number of rotatable bonds is 1. The maximum absolute atomic E-state index is 14.0. The molecule has 1 unspecified atom stereocenters. The predicted molar refractivity (Wildman–Crippen MR) is 84.3 cm³/mol. The van der Waals surface area contributed by atoms with Crippen LogP contribution in [0.4, 0.5) is 36.8 Å². The SMILES string of the molecule is O=C1Nc2ccc(OC(F)(F)F)cc2C(C#Cc2ccccc2)(C(F)(F)F)O1. The molecule has 1 aliphatic heterocycles. The van der Waals surface area contributed by atoms with Crippen molar-refractivity contribution in [1.29, 1.82) is 0 Å². The number of cyclic esters (lactones) is 1. The lowest BCUT2D eigenvalue weighted by molar-refractivity contribution is -0.274. The molecule has 3 rings (SSSR count). The fourth-order valence-corrected chi connectivity index (χ4v) is 2.51. The molecule has 0 fully saturated rings. The topological polar surface area (TPSA) is 47.6 Å². The zero-order valence-electron chi connectivity index (χ0n) is 13.6. The van der Waals surface area contributed by atoms with Crippen LogP contribution >= 0.6 is 0 Å². The first-order valence-electron chi connectivity index (χ1n) is 7.55. The van der Waals surface area contributed by atoms with Gasteiger partial charge in [0.05, 0.1) is 5.69 Å². The molecule has 2 aromatic rings. The van der Waals surface area contributed by atoms with Crippen LogP contribution in [0.3, 0.4) is 0 Å². The zero-order valence-corrected chi connectivity index (χ0v) is 13.6. The standard InChI is InChI=1S/C18H9F6NO3/c19-17(20,21)16(9-8-11-4-2-1-3-5-11)13-10-12(27-18(22,23)24)6-7-14(13)25-15(26)28-16/h1-7,10H,(H,25,26). The van der Waals surface area contributed by atoms with Gasteiger partial charge in [0, 0.05) is 11.1 Å². The molecule has 0 radical (unpaired) electrons. The van der Waals surface area contributed by atoms with E-state index in [1.54, 1.807) is 6.07 Å². The summed E-state index contributed by atoms with van der Waals surface area (Å²) in [5.41, 5.74) is -4.52. The molecular formula is C18H9F6NO3. The number of carbonyl (C=O) groups is 1. The Morgan fingerprint density at radius 1 is 1.00 bits per heavy atom. The number of hydrogen-bond donors (Lipinski definition) is 1. The quantitative estimate of drug-likeness (QED) is 0.543. The van der Waals surface area contributed by atoms with Gasteiger partial charge in [0.2, 0.25) is 0 Å². The maximum atomic E-state index is 14.0. The summed E-state index contributed by atoms with van der Waals surface area (Å²) < 4.78 is 87.4. The van der Waals surface area contributed by atoms with Gasteiger partial charge in [-0.3, -0.25) is 5.32 Å². The molecule has 1 aliphatic rings. The van der Waals surface area contributed by atoms with Gasteiger partial charge < -0.3 is 9.47 Å². The van der Waals surface area contributed by atoms with Crippen LogP contribution in [0.5, 0.6) is 5.75 Å². The third-order valence-electron chi connectivity index (χ3n) is 3.64. The highest BCUT2D eigenvalue weighted by Crippen LogP contribution is 2.48. The molecule has 10 heteroatoms. The number of benzene rings is 2. The Balaban J connectivity index is 2.20. The predicted octanol–water partition coefficient (Wildman–Crippen LogP) is 4.96. The van der Waals surface area contributed by atoms with Gasteiger partial charge in [0.1, 0.15) is 5.75 Å². The Kier molecular flexibility index (Phi) is 4.62. The lowest BCUT2D eigenvalue weighted by Gasteiger charge is -2.35. The Bertz CT molecular complexity index is 959. The largest absolute Gasteiger partial charge is 0.573 e. The lowest BCUT2D eigenvalue weighted by atomic mass is 9.90. The molecule has 0 bridgehead atoms. The van der Waals surface area contributed by atoms with Crippen molar-refractivity contribution in [3.05, 3.63) is 59.7 Å². The summed E-state index contributed by atoms with van der Waals surface area (Å²) in [6.45, 7) is 0. The average Bonchev–Trinajstić information content (AvgIpc) is 2.58. The maximum Gasteiger partial charge on any atom is 0.573 e. The number of nitrogens with one attached hydrogen (secondary N) is 1. The highest BCUT2D eigenvalue weighted by atomic mass is 19.4. The molecule has 0 spiro atoms. The minimum Gasteiger partial charge on any atom is -0.415 e. The van der Waals surface area contributed by atoms with Gasteiger partial charge in [-0.15, -0.1) is 13.2 Å². The fraction of sp³-hybridized carbons (Fsp3) is 0.167. The van der Waals surface area contributed by atoms with Crippen LogP contribution in [0.2, 0.25) is 0 Å². The highest BCUT2D eigenvalue weighted by molar-refractivity contribution is 5.90. The molecule has 0 saturated heterocycles. The van der Waals surface area contributed by atoms with Crippen molar-refractivity contribution in [1.82, 2.24) is 0 Å². The first kappa shape index (κ1) is 19.4. The van der Waals surface area contributed by atoms with Crippen LogP contribution in [-0.4, -0.2) is 18.6 Å². The molecule has 0 saturated carbocycles. The summed E-state index contributed by atoms with van der Waals surface area (Å²) in [7, 11) is 0. The molecule has 146 valence electrons. The monoisotopic (exact) mass is 401 g/mol. The van der Waals surface area contributed by atoms with Gasteiger partial charge in [0.25, 0.3) is 5.60 Å². The summed E-state index contributed by atoms with van der Waals surface area (Å²) in [6.07, 6.45) is -11.8. The second-order valence-electron chi connectivity index (χ2n) is 5.56. The van der Waals surface area contributed by atoms with Crippen molar-refractivity contribution in [2.24, 2.45) is 0 Å². The van der Waals surface area contributed by atoms with E-state index in [9.17, 15) is 31.1 Å². The smallest absolute Gasteiger partial charge is 0.415 e. The van der Waals surface area contributed by atoms with E-state index in [4.69, 9.17) is 0 Å². The molecule has 2 aromatic carbocycles. The third kappa shape index (κ3) is 3.83. The van der Waals surface area contributed by atoms with Gasteiger partial charge in [-0.25, -0.2) is 4.79 Å². The molecule has 4 nitrogen and oxygen atoms in total. The second kappa shape index (κ2) is 6.67. The molecule has 28 heavy (non-hydrogen) atoms. The summed E-state index contributed by atoms with van der Waals surface area (Å²) in [5, 5.41) is 2.01. The Morgan fingerprint density at radius 2 is 1.68 bits per heavy atom. The van der Waals surface area contributed by atoms with E-state index in [1.165, 1.54) is 24.3 Å². The molecule has 1 amide bonds. The van der Waals surface area contributed by atoms with Crippen molar-refractivity contribution in [3.63, 3.8) is 0 Å². The van der Waals surface area contributed by atoms with Gasteiger partial charge in [-0.05, 0) is 36.3 Å². The van der Waals surface area contributed by atoms with Crippen molar-refractivity contribution in [2.75, 3.05) is 5.32 Å².